The first kappa shape index (κ1) is 13.0. The highest BCUT2D eigenvalue weighted by molar-refractivity contribution is 9.10. The number of hydrogen-bond donors (Lipinski definition) is 1. The molecule has 0 bridgehead atoms. The summed E-state index contributed by atoms with van der Waals surface area (Å²) in [6.07, 6.45) is 0. The fourth-order valence-electron chi connectivity index (χ4n) is 1.85. The number of nitrogens with one attached hydrogen (secondary N) is 1. The van der Waals surface area contributed by atoms with Gasteiger partial charge < -0.3 is 4.90 Å². The SMILES string of the molecule is CN1CCNC(S(=O)(=O)c2ccc(Br)cc2)C1. The molecule has 1 aliphatic rings. The number of rotatable bonds is 2. The molecule has 17 heavy (non-hydrogen) atoms. The number of nitrogens with zero attached hydrogens (tertiary/aromatic N) is 1. The van der Waals surface area contributed by atoms with E-state index < -0.39 is 15.2 Å². The zero-order chi connectivity index (χ0) is 12.5. The third kappa shape index (κ3) is 2.88. The van der Waals surface area contributed by atoms with Crippen molar-refractivity contribution >= 4 is 25.8 Å². The zero-order valence-electron chi connectivity index (χ0n) is 9.56. The van der Waals surface area contributed by atoms with Crippen LogP contribution >= 0.6 is 15.9 Å². The van der Waals surface area contributed by atoms with E-state index in [1.54, 1.807) is 24.3 Å². The average Bonchev–Trinajstić information content (AvgIpc) is 2.29. The van der Waals surface area contributed by atoms with Crippen molar-refractivity contribution in [3.63, 3.8) is 0 Å². The van der Waals surface area contributed by atoms with Crippen LogP contribution in [0.4, 0.5) is 0 Å². The van der Waals surface area contributed by atoms with Crippen LogP contribution in [0.1, 0.15) is 0 Å². The Kier molecular flexibility index (Phi) is 3.87. The average molecular weight is 319 g/mol. The van der Waals surface area contributed by atoms with Crippen molar-refractivity contribution in [2.24, 2.45) is 0 Å². The van der Waals surface area contributed by atoms with Crippen LogP contribution < -0.4 is 5.32 Å². The van der Waals surface area contributed by atoms with Crippen LogP contribution in [-0.4, -0.2) is 45.4 Å². The van der Waals surface area contributed by atoms with E-state index in [4.69, 9.17) is 0 Å². The maximum absolute atomic E-state index is 12.3. The van der Waals surface area contributed by atoms with Gasteiger partial charge in [0, 0.05) is 24.1 Å². The lowest BCUT2D eigenvalue weighted by atomic mass is 10.4. The van der Waals surface area contributed by atoms with Crippen molar-refractivity contribution in [1.29, 1.82) is 0 Å². The minimum atomic E-state index is -3.29. The molecule has 6 heteroatoms. The molecule has 0 spiro atoms. The van der Waals surface area contributed by atoms with Crippen LogP contribution in [0.2, 0.25) is 0 Å². The predicted octanol–water partition coefficient (Wildman–Crippen LogP) is 1.08. The van der Waals surface area contributed by atoms with Crippen molar-refractivity contribution < 1.29 is 8.42 Å². The van der Waals surface area contributed by atoms with Crippen LogP contribution in [0.5, 0.6) is 0 Å². The van der Waals surface area contributed by atoms with Crippen LogP contribution in [0, 0.1) is 0 Å². The van der Waals surface area contributed by atoms with Crippen LogP contribution in [0.25, 0.3) is 0 Å². The van der Waals surface area contributed by atoms with Gasteiger partial charge in [-0.2, -0.15) is 0 Å². The summed E-state index contributed by atoms with van der Waals surface area (Å²) in [4.78, 5) is 2.39. The van der Waals surface area contributed by atoms with Gasteiger partial charge in [0.25, 0.3) is 0 Å². The van der Waals surface area contributed by atoms with E-state index in [0.717, 1.165) is 11.0 Å². The number of piperazine rings is 1. The fraction of sp³-hybridized carbons (Fsp3) is 0.455. The molecule has 1 heterocycles. The molecule has 0 aliphatic carbocycles. The number of benzene rings is 1. The molecule has 1 aromatic carbocycles. The van der Waals surface area contributed by atoms with Crippen LogP contribution in [0.3, 0.4) is 0 Å². The van der Waals surface area contributed by atoms with Gasteiger partial charge in [0.15, 0.2) is 9.84 Å². The minimum Gasteiger partial charge on any atom is -0.302 e. The number of sulfone groups is 1. The first-order chi connectivity index (χ1) is 8.00. The lowest BCUT2D eigenvalue weighted by Gasteiger charge is -2.30. The van der Waals surface area contributed by atoms with Gasteiger partial charge in [-0.1, -0.05) is 15.9 Å². The first-order valence-electron chi connectivity index (χ1n) is 5.41. The van der Waals surface area contributed by atoms with Gasteiger partial charge in [-0.05, 0) is 31.3 Å². The van der Waals surface area contributed by atoms with E-state index in [-0.39, 0.29) is 0 Å². The van der Waals surface area contributed by atoms with E-state index in [1.165, 1.54) is 0 Å². The van der Waals surface area contributed by atoms with Gasteiger partial charge >= 0.3 is 0 Å². The molecule has 1 atom stereocenters. The van der Waals surface area contributed by atoms with Gasteiger partial charge in [-0.3, -0.25) is 5.32 Å². The third-order valence-corrected chi connectivity index (χ3v) is 5.38. The summed E-state index contributed by atoms with van der Waals surface area (Å²) < 4.78 is 25.6. The van der Waals surface area contributed by atoms with E-state index in [2.05, 4.69) is 21.2 Å². The zero-order valence-corrected chi connectivity index (χ0v) is 12.0. The van der Waals surface area contributed by atoms with Gasteiger partial charge in [-0.25, -0.2) is 8.42 Å². The normalized spacial score (nSPS) is 22.6. The molecule has 1 unspecified atom stereocenters. The Morgan fingerprint density at radius 1 is 1.35 bits per heavy atom. The van der Waals surface area contributed by atoms with E-state index in [1.807, 2.05) is 11.9 Å². The fourth-order valence-corrected chi connectivity index (χ4v) is 3.75. The number of likely N-dealkylation sites (N-methyl/N-ethyl adjacent to an activating group) is 1. The predicted molar refractivity (Wildman–Crippen MR) is 70.6 cm³/mol. The van der Waals surface area contributed by atoms with Crippen LogP contribution in [-0.2, 0) is 9.84 Å². The molecule has 2 rings (SSSR count). The summed E-state index contributed by atoms with van der Waals surface area (Å²) in [6.45, 7) is 2.11. The second-order valence-corrected chi connectivity index (χ2v) is 7.25. The highest BCUT2D eigenvalue weighted by Gasteiger charge is 2.30. The summed E-state index contributed by atoms with van der Waals surface area (Å²) in [7, 11) is -1.35. The smallest absolute Gasteiger partial charge is 0.195 e. The summed E-state index contributed by atoms with van der Waals surface area (Å²) >= 11 is 3.30. The molecule has 1 aliphatic heterocycles. The van der Waals surface area contributed by atoms with Gasteiger partial charge in [0.2, 0.25) is 0 Å². The lowest BCUT2D eigenvalue weighted by Crippen LogP contribution is -2.52. The van der Waals surface area contributed by atoms with Crippen molar-refractivity contribution in [3.8, 4) is 0 Å². The van der Waals surface area contributed by atoms with Gasteiger partial charge in [0.05, 0.1) is 4.90 Å². The molecular formula is C11H15BrN2O2S. The molecule has 1 aromatic rings. The highest BCUT2D eigenvalue weighted by Crippen LogP contribution is 2.19. The van der Waals surface area contributed by atoms with E-state index >= 15 is 0 Å². The van der Waals surface area contributed by atoms with Crippen LogP contribution in [0.15, 0.2) is 33.6 Å². The Hall–Kier alpha value is -0.430. The number of halogens is 1. The topological polar surface area (TPSA) is 49.4 Å². The summed E-state index contributed by atoms with van der Waals surface area (Å²) in [6, 6.07) is 6.77. The minimum absolute atomic E-state index is 0.369. The molecule has 0 saturated carbocycles. The second-order valence-electron chi connectivity index (χ2n) is 4.20. The Balaban J connectivity index is 2.26. The monoisotopic (exact) mass is 318 g/mol. The van der Waals surface area contributed by atoms with Crippen molar-refractivity contribution in [2.45, 2.75) is 10.3 Å². The lowest BCUT2D eigenvalue weighted by molar-refractivity contribution is 0.272. The molecule has 1 saturated heterocycles. The maximum Gasteiger partial charge on any atom is 0.195 e. The summed E-state index contributed by atoms with van der Waals surface area (Å²) in [5.74, 6) is 0. The van der Waals surface area contributed by atoms with Crippen molar-refractivity contribution in [3.05, 3.63) is 28.7 Å². The largest absolute Gasteiger partial charge is 0.302 e. The van der Waals surface area contributed by atoms with Gasteiger partial charge in [0.1, 0.15) is 5.37 Å². The van der Waals surface area contributed by atoms with Gasteiger partial charge in [-0.15, -0.1) is 0 Å². The Bertz CT molecular complexity index is 487. The van der Waals surface area contributed by atoms with E-state index in [9.17, 15) is 8.42 Å². The molecule has 4 nitrogen and oxygen atoms in total. The quantitative estimate of drug-likeness (QED) is 0.886. The first-order valence-corrected chi connectivity index (χ1v) is 7.75. The summed E-state index contributed by atoms with van der Waals surface area (Å²) in [5, 5.41) is 2.55. The molecule has 94 valence electrons. The Labute approximate surface area is 110 Å². The number of hydrogen-bond acceptors (Lipinski definition) is 4. The molecule has 1 fully saturated rings. The molecule has 1 N–H and O–H groups in total. The Morgan fingerprint density at radius 3 is 2.59 bits per heavy atom. The third-order valence-electron chi connectivity index (χ3n) is 2.86. The Morgan fingerprint density at radius 2 is 2.00 bits per heavy atom. The standard InChI is InChI=1S/C11H15BrN2O2S/c1-14-7-6-13-11(8-14)17(15,16)10-4-2-9(12)3-5-10/h2-5,11,13H,6-8H2,1H3. The maximum atomic E-state index is 12.3. The molecule has 0 aromatic heterocycles. The molecular weight excluding hydrogens is 304 g/mol. The highest BCUT2D eigenvalue weighted by atomic mass is 79.9. The van der Waals surface area contributed by atoms with Crippen molar-refractivity contribution in [1.82, 2.24) is 10.2 Å². The molecule has 0 radical (unpaired) electrons. The van der Waals surface area contributed by atoms with Crippen molar-refractivity contribution in [2.75, 3.05) is 26.7 Å². The summed E-state index contributed by atoms with van der Waals surface area (Å²) in [5.41, 5.74) is 0. The van der Waals surface area contributed by atoms with E-state index in [0.29, 0.717) is 18.0 Å². The second kappa shape index (κ2) is 5.06. The molecule has 0 amide bonds.